The molecule has 3 rings (SSSR count). The molecule has 2 amide bonds. The van der Waals surface area contributed by atoms with Crippen molar-refractivity contribution in [2.24, 2.45) is 11.1 Å². The molecule has 1 aromatic carbocycles. The number of primary amides is 1. The molecule has 0 aromatic heterocycles. The van der Waals surface area contributed by atoms with Gasteiger partial charge in [0.25, 0.3) is 0 Å². The van der Waals surface area contributed by atoms with Gasteiger partial charge >= 0.3 is 6.18 Å². The second kappa shape index (κ2) is 6.46. The molecule has 1 aromatic rings. The summed E-state index contributed by atoms with van der Waals surface area (Å²) in [6.45, 7) is 1.85. The molecule has 0 unspecified atom stereocenters. The van der Waals surface area contributed by atoms with Gasteiger partial charge in [-0.1, -0.05) is 0 Å². The zero-order valence-electron chi connectivity index (χ0n) is 15.4. The van der Waals surface area contributed by atoms with E-state index >= 15 is 0 Å². The van der Waals surface area contributed by atoms with Crippen LogP contribution < -0.4 is 25.8 Å². The van der Waals surface area contributed by atoms with Gasteiger partial charge in [0.1, 0.15) is 23.5 Å². The van der Waals surface area contributed by atoms with E-state index in [2.05, 4.69) is 5.32 Å². The number of rotatable bonds is 5. The highest BCUT2D eigenvalue weighted by atomic mass is 19.4. The van der Waals surface area contributed by atoms with Crippen LogP contribution in [0, 0.1) is 5.41 Å². The van der Waals surface area contributed by atoms with E-state index < -0.39 is 23.2 Å². The average Bonchev–Trinajstić information content (AvgIpc) is 3.34. The molecule has 1 saturated carbocycles. The molecule has 0 spiro atoms. The summed E-state index contributed by atoms with van der Waals surface area (Å²) in [5, 5.41) is 14.5. The van der Waals surface area contributed by atoms with E-state index in [-0.39, 0.29) is 22.6 Å². The summed E-state index contributed by atoms with van der Waals surface area (Å²) >= 11 is 0. The number of carbonyl (C=O) groups is 2. The molecule has 1 aliphatic heterocycles. The Morgan fingerprint density at radius 3 is 2.50 bits per heavy atom. The van der Waals surface area contributed by atoms with Crippen LogP contribution in [-0.2, 0) is 4.79 Å². The zero-order valence-corrected chi connectivity index (χ0v) is 15.4. The monoisotopic (exact) mass is 400 g/mol. The Kier molecular flexibility index (Phi) is 4.63. The van der Waals surface area contributed by atoms with E-state index in [1.165, 1.54) is 18.2 Å². The van der Waals surface area contributed by atoms with Gasteiger partial charge in [0, 0.05) is 12.1 Å². The van der Waals surface area contributed by atoms with E-state index in [1.54, 1.807) is 0 Å². The Bertz CT molecular complexity index is 806. The van der Waals surface area contributed by atoms with E-state index in [1.807, 2.05) is 0 Å². The lowest BCUT2D eigenvalue weighted by Crippen LogP contribution is -2.60. The van der Waals surface area contributed by atoms with E-state index in [4.69, 9.17) is 10.5 Å². The number of nitrogens with zero attached hydrogens (tertiary/aromatic N) is 1. The van der Waals surface area contributed by atoms with Crippen LogP contribution in [0.1, 0.15) is 33.1 Å². The molecule has 154 valence electrons. The van der Waals surface area contributed by atoms with Crippen molar-refractivity contribution in [1.29, 1.82) is 0 Å². The van der Waals surface area contributed by atoms with Crippen molar-refractivity contribution in [3.8, 4) is 5.75 Å². The number of fused-ring (bicyclic) bond motifs is 1. The fraction of sp³-hybridized carbons (Fsp3) is 0.556. The first-order valence-electron chi connectivity index (χ1n) is 8.80. The van der Waals surface area contributed by atoms with Crippen molar-refractivity contribution in [2.75, 3.05) is 16.8 Å². The molecular formula is C18H21F3N3O4-. The summed E-state index contributed by atoms with van der Waals surface area (Å²) in [4.78, 5) is 23.2. The number of hydrogen-bond donors (Lipinski definition) is 2. The summed E-state index contributed by atoms with van der Waals surface area (Å²) in [7, 11) is 0. The SMILES string of the molecule is CC(C)(N(C(=O)[O-])c1ccc2c(c1)NC[C@@H](CC1(C(N)=O)CC1)O2)C(F)(F)F. The molecule has 0 saturated heterocycles. The average molecular weight is 400 g/mol. The Morgan fingerprint density at radius 2 is 2.00 bits per heavy atom. The largest absolute Gasteiger partial charge is 0.530 e. The topological polar surface area (TPSA) is 108 Å². The number of hydrogen-bond acceptors (Lipinski definition) is 5. The Hall–Kier alpha value is -2.65. The number of carbonyl (C=O) groups excluding carboxylic acids is 2. The molecule has 10 heteroatoms. The lowest BCUT2D eigenvalue weighted by Gasteiger charge is -2.42. The summed E-state index contributed by atoms with van der Waals surface area (Å²) < 4.78 is 45.8. The minimum absolute atomic E-state index is 0.174. The van der Waals surface area contributed by atoms with Gasteiger partial charge in [-0.15, -0.1) is 0 Å². The van der Waals surface area contributed by atoms with Gasteiger partial charge in [0.15, 0.2) is 0 Å². The predicted molar refractivity (Wildman–Crippen MR) is 92.8 cm³/mol. The van der Waals surface area contributed by atoms with Crippen LogP contribution in [-0.4, -0.2) is 36.4 Å². The van der Waals surface area contributed by atoms with E-state index in [0.717, 1.165) is 13.8 Å². The highest BCUT2D eigenvalue weighted by Crippen LogP contribution is 2.50. The third kappa shape index (κ3) is 3.43. The summed E-state index contributed by atoms with van der Waals surface area (Å²) in [6, 6.07) is 3.90. The lowest BCUT2D eigenvalue weighted by molar-refractivity contribution is -0.254. The fourth-order valence-electron chi connectivity index (χ4n) is 3.38. The molecule has 1 atom stereocenters. The Morgan fingerprint density at radius 1 is 1.36 bits per heavy atom. The number of benzene rings is 1. The third-order valence-electron chi connectivity index (χ3n) is 5.47. The fourth-order valence-corrected chi connectivity index (χ4v) is 3.38. The predicted octanol–water partition coefficient (Wildman–Crippen LogP) is 2.01. The maximum absolute atomic E-state index is 13.3. The smallest absolute Gasteiger partial charge is 0.411 e. The normalized spacial score (nSPS) is 20.4. The molecule has 3 N–H and O–H groups in total. The number of alkyl halides is 3. The molecule has 2 aliphatic rings. The molecule has 1 aliphatic carbocycles. The maximum Gasteiger partial charge on any atom is 0.411 e. The lowest BCUT2D eigenvalue weighted by atomic mass is 9.96. The van der Waals surface area contributed by atoms with Crippen molar-refractivity contribution >= 4 is 23.4 Å². The first-order valence-corrected chi connectivity index (χ1v) is 8.80. The van der Waals surface area contributed by atoms with Gasteiger partial charge in [0.05, 0.1) is 17.6 Å². The van der Waals surface area contributed by atoms with Gasteiger partial charge < -0.3 is 30.6 Å². The quantitative estimate of drug-likeness (QED) is 0.786. The number of nitrogens with one attached hydrogen (secondary N) is 1. The third-order valence-corrected chi connectivity index (χ3v) is 5.47. The number of ether oxygens (including phenoxy) is 1. The van der Waals surface area contributed by atoms with E-state index in [9.17, 15) is 27.9 Å². The molecule has 7 nitrogen and oxygen atoms in total. The number of nitrogens with two attached hydrogens (primary N) is 1. The first kappa shape index (κ1) is 20.1. The summed E-state index contributed by atoms with van der Waals surface area (Å²) in [5.74, 6) is -0.000361. The van der Waals surface area contributed by atoms with Crippen LogP contribution in [0.3, 0.4) is 0 Å². The van der Waals surface area contributed by atoms with Crippen LogP contribution in [0.15, 0.2) is 18.2 Å². The summed E-state index contributed by atoms with van der Waals surface area (Å²) in [6.07, 6.45) is -5.22. The summed E-state index contributed by atoms with van der Waals surface area (Å²) in [5.41, 5.74) is 2.37. The van der Waals surface area contributed by atoms with Crippen LogP contribution in [0.4, 0.5) is 29.3 Å². The van der Waals surface area contributed by atoms with Crippen molar-refractivity contribution in [1.82, 2.24) is 0 Å². The van der Waals surface area contributed by atoms with Crippen molar-refractivity contribution in [3.63, 3.8) is 0 Å². The second-order valence-corrected chi connectivity index (χ2v) is 7.81. The molecule has 1 heterocycles. The number of halogens is 3. The van der Waals surface area contributed by atoms with Crippen molar-refractivity contribution in [2.45, 2.75) is 50.9 Å². The highest BCUT2D eigenvalue weighted by Gasteiger charge is 2.53. The van der Waals surface area contributed by atoms with Gasteiger partial charge in [-0.3, -0.25) is 4.79 Å². The Balaban J connectivity index is 1.82. The molecular weight excluding hydrogens is 379 g/mol. The molecule has 0 radical (unpaired) electrons. The Labute approximate surface area is 159 Å². The second-order valence-electron chi connectivity index (χ2n) is 7.81. The minimum Gasteiger partial charge on any atom is -0.530 e. The maximum atomic E-state index is 13.3. The molecule has 1 fully saturated rings. The van der Waals surface area contributed by atoms with Gasteiger partial charge in [0.2, 0.25) is 5.91 Å². The highest BCUT2D eigenvalue weighted by molar-refractivity contribution is 5.88. The number of anilines is 2. The zero-order chi connectivity index (χ0) is 20.9. The van der Waals surface area contributed by atoms with Crippen LogP contribution in [0.5, 0.6) is 5.75 Å². The van der Waals surface area contributed by atoms with Gasteiger partial charge in [-0.25, -0.2) is 0 Å². The minimum atomic E-state index is -4.80. The molecule has 28 heavy (non-hydrogen) atoms. The number of carboxylic acid groups (broad SMARTS) is 1. The van der Waals surface area contributed by atoms with Crippen molar-refractivity contribution in [3.05, 3.63) is 18.2 Å². The van der Waals surface area contributed by atoms with Gasteiger partial charge in [-0.2, -0.15) is 13.2 Å². The van der Waals surface area contributed by atoms with Crippen molar-refractivity contribution < 1.29 is 32.6 Å². The van der Waals surface area contributed by atoms with Crippen LogP contribution >= 0.6 is 0 Å². The van der Waals surface area contributed by atoms with E-state index in [0.29, 0.717) is 37.2 Å². The number of amides is 2. The van der Waals surface area contributed by atoms with Crippen LogP contribution in [0.25, 0.3) is 0 Å². The first-order chi connectivity index (χ1) is 12.9. The standard InChI is InChI=1S/C18H22F3N3O4/c1-16(2,18(19,20)21)24(15(26)27)10-3-4-13-12(7-10)23-9-11(28-13)8-17(5-6-17)14(22)25/h3-4,7,11,23H,5-6,8-9H2,1-2H3,(H2,22,25)(H,26,27)/p-1/t11-/m1/s1. The molecule has 0 bridgehead atoms. The van der Waals surface area contributed by atoms with Gasteiger partial charge in [-0.05, 0) is 44.9 Å². The van der Waals surface area contributed by atoms with Crippen LogP contribution in [0.2, 0.25) is 0 Å².